The van der Waals surface area contributed by atoms with E-state index < -0.39 is 5.56 Å². The summed E-state index contributed by atoms with van der Waals surface area (Å²) in [7, 11) is 0. The van der Waals surface area contributed by atoms with Crippen molar-refractivity contribution in [3.05, 3.63) is 100 Å². The molecule has 0 unspecified atom stereocenters. The minimum atomic E-state index is -0.501. The number of carbonyl (C=O) groups is 2. The van der Waals surface area contributed by atoms with Crippen molar-refractivity contribution in [2.45, 2.75) is 26.9 Å². The number of nitrogens with zero attached hydrogens (tertiary/aromatic N) is 3. The molecule has 0 aliphatic carbocycles. The first kappa shape index (κ1) is 22.0. The van der Waals surface area contributed by atoms with Crippen LogP contribution < -0.4 is 15.8 Å². The number of para-hydroxylation sites is 2. The molecule has 0 radical (unpaired) electrons. The van der Waals surface area contributed by atoms with Crippen LogP contribution in [0.2, 0.25) is 0 Å². The summed E-state index contributed by atoms with van der Waals surface area (Å²) in [6.45, 7) is 3.33. The van der Waals surface area contributed by atoms with Crippen molar-refractivity contribution in [3.63, 3.8) is 0 Å². The van der Waals surface area contributed by atoms with Crippen LogP contribution in [0, 0.1) is 6.92 Å². The third-order valence-electron chi connectivity index (χ3n) is 5.26. The van der Waals surface area contributed by atoms with Gasteiger partial charge in [0.25, 0.3) is 5.56 Å². The summed E-state index contributed by atoms with van der Waals surface area (Å²) in [5.41, 5.74) is 3.08. The van der Waals surface area contributed by atoms with Crippen molar-refractivity contribution in [3.8, 4) is 0 Å². The molecule has 0 atom stereocenters. The SMILES string of the molecule is CC(=O)N(Cc1ccccc1)c1nc2ccccc2n(CC(=O)Nc2cccc(C)c2)c1=O. The highest BCUT2D eigenvalue weighted by molar-refractivity contribution is 5.93. The number of amides is 2. The van der Waals surface area contributed by atoms with Gasteiger partial charge in [-0.2, -0.15) is 0 Å². The summed E-state index contributed by atoms with van der Waals surface area (Å²) in [5, 5.41) is 2.83. The van der Waals surface area contributed by atoms with Crippen LogP contribution in [0.25, 0.3) is 11.0 Å². The Labute approximate surface area is 191 Å². The largest absolute Gasteiger partial charge is 0.325 e. The number of rotatable bonds is 6. The second kappa shape index (κ2) is 9.48. The molecule has 1 heterocycles. The van der Waals surface area contributed by atoms with E-state index >= 15 is 0 Å². The second-order valence-electron chi connectivity index (χ2n) is 7.82. The number of anilines is 2. The highest BCUT2D eigenvalue weighted by atomic mass is 16.2. The molecule has 0 spiro atoms. The first-order valence-corrected chi connectivity index (χ1v) is 10.6. The first-order chi connectivity index (χ1) is 15.9. The number of carbonyl (C=O) groups excluding carboxylic acids is 2. The van der Waals surface area contributed by atoms with Crippen molar-refractivity contribution >= 4 is 34.4 Å². The number of nitrogens with one attached hydrogen (secondary N) is 1. The molecule has 7 nitrogen and oxygen atoms in total. The number of aromatic nitrogens is 2. The molecule has 3 aromatic carbocycles. The number of aryl methyl sites for hydroxylation is 1. The predicted octanol–water partition coefficient (Wildman–Crippen LogP) is 3.90. The zero-order chi connectivity index (χ0) is 23.4. The maximum absolute atomic E-state index is 13.5. The van der Waals surface area contributed by atoms with Crippen LogP contribution in [0.1, 0.15) is 18.1 Å². The third-order valence-corrected chi connectivity index (χ3v) is 5.26. The monoisotopic (exact) mass is 440 g/mol. The fourth-order valence-corrected chi connectivity index (χ4v) is 3.68. The molecule has 1 N–H and O–H groups in total. The summed E-state index contributed by atoms with van der Waals surface area (Å²) in [6, 6.07) is 23.9. The van der Waals surface area contributed by atoms with E-state index in [1.165, 1.54) is 16.4 Å². The minimum absolute atomic E-state index is 0.00610. The van der Waals surface area contributed by atoms with Gasteiger partial charge in [-0.15, -0.1) is 0 Å². The van der Waals surface area contributed by atoms with Crippen LogP contribution >= 0.6 is 0 Å². The second-order valence-corrected chi connectivity index (χ2v) is 7.82. The van der Waals surface area contributed by atoms with Crippen molar-refractivity contribution < 1.29 is 9.59 Å². The molecule has 0 fully saturated rings. The molecule has 0 aliphatic heterocycles. The molecular formula is C26H24N4O3. The molecule has 33 heavy (non-hydrogen) atoms. The Hall–Kier alpha value is -4.26. The van der Waals surface area contributed by atoms with Gasteiger partial charge in [0.1, 0.15) is 6.54 Å². The smallest absolute Gasteiger partial charge is 0.294 e. The minimum Gasteiger partial charge on any atom is -0.325 e. The molecule has 0 saturated carbocycles. The molecule has 7 heteroatoms. The van der Waals surface area contributed by atoms with E-state index in [0.29, 0.717) is 16.7 Å². The van der Waals surface area contributed by atoms with E-state index in [0.717, 1.165) is 11.1 Å². The van der Waals surface area contributed by atoms with Crippen LogP contribution in [0.5, 0.6) is 0 Å². The number of benzene rings is 3. The molecule has 1 aromatic heterocycles. The summed E-state index contributed by atoms with van der Waals surface area (Å²) in [5.74, 6) is -0.662. The number of hydrogen-bond acceptors (Lipinski definition) is 4. The van der Waals surface area contributed by atoms with Crippen molar-refractivity contribution in [1.82, 2.24) is 9.55 Å². The average molecular weight is 441 g/mol. The molecule has 2 amide bonds. The fourth-order valence-electron chi connectivity index (χ4n) is 3.68. The average Bonchev–Trinajstić information content (AvgIpc) is 2.80. The van der Waals surface area contributed by atoms with E-state index in [4.69, 9.17) is 0 Å². The topological polar surface area (TPSA) is 84.3 Å². The van der Waals surface area contributed by atoms with Crippen LogP contribution in [-0.2, 0) is 22.7 Å². The van der Waals surface area contributed by atoms with Gasteiger partial charge in [0.15, 0.2) is 0 Å². The van der Waals surface area contributed by atoms with Crippen LogP contribution in [0.4, 0.5) is 11.5 Å². The van der Waals surface area contributed by atoms with Gasteiger partial charge in [0.05, 0.1) is 17.6 Å². The van der Waals surface area contributed by atoms with Gasteiger partial charge in [-0.1, -0.05) is 54.6 Å². The normalized spacial score (nSPS) is 10.7. The maximum atomic E-state index is 13.5. The van der Waals surface area contributed by atoms with Gasteiger partial charge in [-0.3, -0.25) is 23.9 Å². The first-order valence-electron chi connectivity index (χ1n) is 10.6. The molecule has 166 valence electrons. The summed E-state index contributed by atoms with van der Waals surface area (Å²) >= 11 is 0. The zero-order valence-corrected chi connectivity index (χ0v) is 18.5. The van der Waals surface area contributed by atoms with E-state index in [-0.39, 0.29) is 30.7 Å². The summed E-state index contributed by atoms with van der Waals surface area (Å²) in [6.07, 6.45) is 0. The van der Waals surface area contributed by atoms with E-state index in [9.17, 15) is 14.4 Å². The molecule has 0 bridgehead atoms. The lowest BCUT2D eigenvalue weighted by Crippen LogP contribution is -2.38. The van der Waals surface area contributed by atoms with Gasteiger partial charge < -0.3 is 5.32 Å². The van der Waals surface area contributed by atoms with Gasteiger partial charge >= 0.3 is 0 Å². The van der Waals surface area contributed by atoms with Crippen LogP contribution in [-0.4, -0.2) is 21.4 Å². The third kappa shape index (κ3) is 4.98. The van der Waals surface area contributed by atoms with Crippen LogP contribution in [0.3, 0.4) is 0 Å². The standard InChI is InChI=1S/C26H24N4O3/c1-18-9-8-12-21(15-18)27-24(32)17-30-23-14-7-6-13-22(23)28-25(26(30)33)29(19(2)31)16-20-10-4-3-5-11-20/h3-15H,16-17H2,1-2H3,(H,27,32). The number of hydrogen-bond donors (Lipinski definition) is 1. The highest BCUT2D eigenvalue weighted by Gasteiger charge is 2.21. The Kier molecular flexibility index (Phi) is 6.31. The Balaban J connectivity index is 1.74. The van der Waals surface area contributed by atoms with Crippen LogP contribution in [0.15, 0.2) is 83.7 Å². The fraction of sp³-hybridized carbons (Fsp3) is 0.154. The van der Waals surface area contributed by atoms with Crippen molar-refractivity contribution in [1.29, 1.82) is 0 Å². The quantitative estimate of drug-likeness (QED) is 0.493. The Morgan fingerprint density at radius 3 is 2.42 bits per heavy atom. The maximum Gasteiger partial charge on any atom is 0.294 e. The summed E-state index contributed by atoms with van der Waals surface area (Å²) in [4.78, 5) is 44.7. The predicted molar refractivity (Wildman–Crippen MR) is 129 cm³/mol. The van der Waals surface area contributed by atoms with Crippen molar-refractivity contribution in [2.75, 3.05) is 10.2 Å². The van der Waals surface area contributed by atoms with E-state index in [2.05, 4.69) is 10.3 Å². The lowest BCUT2D eigenvalue weighted by molar-refractivity contribution is -0.117. The van der Waals surface area contributed by atoms with E-state index in [1.54, 1.807) is 30.3 Å². The summed E-state index contributed by atoms with van der Waals surface area (Å²) < 4.78 is 1.36. The number of fused-ring (bicyclic) bond motifs is 1. The molecule has 4 aromatic rings. The highest BCUT2D eigenvalue weighted by Crippen LogP contribution is 2.17. The van der Waals surface area contributed by atoms with Gasteiger partial charge in [0.2, 0.25) is 17.6 Å². The zero-order valence-electron chi connectivity index (χ0n) is 18.5. The van der Waals surface area contributed by atoms with Gasteiger partial charge in [0, 0.05) is 12.6 Å². The Morgan fingerprint density at radius 2 is 1.70 bits per heavy atom. The Morgan fingerprint density at radius 1 is 0.970 bits per heavy atom. The molecule has 4 rings (SSSR count). The van der Waals surface area contributed by atoms with Gasteiger partial charge in [-0.25, -0.2) is 4.98 Å². The molecular weight excluding hydrogens is 416 g/mol. The molecule has 0 aliphatic rings. The molecule has 0 saturated heterocycles. The Bertz CT molecular complexity index is 1380. The lowest BCUT2D eigenvalue weighted by atomic mass is 10.2. The lowest BCUT2D eigenvalue weighted by Gasteiger charge is -2.21. The van der Waals surface area contributed by atoms with E-state index in [1.807, 2.05) is 55.5 Å². The van der Waals surface area contributed by atoms with Gasteiger partial charge in [-0.05, 0) is 42.3 Å². The van der Waals surface area contributed by atoms with Crippen molar-refractivity contribution in [2.24, 2.45) is 0 Å².